The van der Waals surface area contributed by atoms with Crippen LogP contribution in [-0.2, 0) is 14.3 Å². The Labute approximate surface area is 157 Å². The van der Waals surface area contributed by atoms with Gasteiger partial charge < -0.3 is 15.4 Å². The number of amides is 2. The zero-order chi connectivity index (χ0) is 19.4. The van der Waals surface area contributed by atoms with Gasteiger partial charge in [0.25, 0.3) is 5.91 Å². The van der Waals surface area contributed by atoms with Crippen LogP contribution in [-0.4, -0.2) is 30.1 Å². The predicted octanol–water partition coefficient (Wildman–Crippen LogP) is 3.19. The molecule has 0 bridgehead atoms. The number of thioether (sulfide) groups is 1. The van der Waals surface area contributed by atoms with Gasteiger partial charge in [0.05, 0.1) is 11.3 Å². The minimum absolute atomic E-state index is 0.0414. The number of halogens is 2. The molecule has 0 spiro atoms. The molecule has 0 fully saturated rings. The van der Waals surface area contributed by atoms with E-state index in [1.807, 2.05) is 0 Å². The number of hydrogen-bond donors (Lipinski definition) is 2. The summed E-state index contributed by atoms with van der Waals surface area (Å²) in [6.45, 7) is -0.601. The van der Waals surface area contributed by atoms with E-state index < -0.39 is 30.1 Å². The minimum Gasteiger partial charge on any atom is -0.452 e. The average Bonchev–Trinajstić information content (AvgIpc) is 2.82. The highest BCUT2D eigenvalue weighted by atomic mass is 32.2. The van der Waals surface area contributed by atoms with E-state index in [4.69, 9.17) is 4.74 Å². The van der Waals surface area contributed by atoms with Crippen LogP contribution in [0.2, 0.25) is 0 Å². The van der Waals surface area contributed by atoms with Crippen molar-refractivity contribution < 1.29 is 27.9 Å². The summed E-state index contributed by atoms with van der Waals surface area (Å²) in [4.78, 5) is 36.4. The van der Waals surface area contributed by atoms with Crippen LogP contribution in [0.5, 0.6) is 0 Å². The first-order valence-corrected chi connectivity index (χ1v) is 8.89. The molecule has 0 saturated carbocycles. The summed E-state index contributed by atoms with van der Waals surface area (Å²) < 4.78 is 30.9. The molecule has 0 radical (unpaired) electrons. The van der Waals surface area contributed by atoms with Crippen LogP contribution >= 0.6 is 11.8 Å². The Morgan fingerprint density at radius 3 is 2.74 bits per heavy atom. The van der Waals surface area contributed by atoms with Crippen molar-refractivity contribution in [2.24, 2.45) is 0 Å². The third-order valence-corrected chi connectivity index (χ3v) is 4.69. The lowest BCUT2D eigenvalue weighted by molar-refractivity contribution is -0.119. The lowest BCUT2D eigenvalue weighted by Crippen LogP contribution is -2.21. The summed E-state index contributed by atoms with van der Waals surface area (Å²) in [7, 11) is 0. The molecule has 6 nitrogen and oxygen atoms in total. The largest absolute Gasteiger partial charge is 0.452 e. The van der Waals surface area contributed by atoms with E-state index in [0.29, 0.717) is 17.9 Å². The SMILES string of the molecule is O=C(COC(=O)c1ccc2c(c1)NC(=O)CCS2)Nc1ccc(F)c(F)c1. The van der Waals surface area contributed by atoms with E-state index in [9.17, 15) is 23.2 Å². The lowest BCUT2D eigenvalue weighted by atomic mass is 10.2. The van der Waals surface area contributed by atoms with E-state index in [2.05, 4.69) is 10.6 Å². The molecule has 0 atom stereocenters. The van der Waals surface area contributed by atoms with Gasteiger partial charge >= 0.3 is 5.97 Å². The number of nitrogens with one attached hydrogen (secondary N) is 2. The monoisotopic (exact) mass is 392 g/mol. The summed E-state index contributed by atoms with van der Waals surface area (Å²) in [6, 6.07) is 7.61. The van der Waals surface area contributed by atoms with Crippen molar-refractivity contribution in [3.05, 3.63) is 53.6 Å². The van der Waals surface area contributed by atoms with Crippen LogP contribution in [0, 0.1) is 11.6 Å². The third kappa shape index (κ3) is 4.82. The molecule has 0 aromatic heterocycles. The first-order valence-electron chi connectivity index (χ1n) is 7.91. The molecule has 0 saturated heterocycles. The van der Waals surface area contributed by atoms with Crippen LogP contribution in [0.4, 0.5) is 20.2 Å². The van der Waals surface area contributed by atoms with Crippen molar-refractivity contribution in [2.75, 3.05) is 23.0 Å². The van der Waals surface area contributed by atoms with Gasteiger partial charge in [-0.05, 0) is 30.3 Å². The number of ether oxygens (including phenoxy) is 1. The Bertz CT molecular complexity index is 920. The molecule has 2 amide bonds. The highest BCUT2D eigenvalue weighted by Gasteiger charge is 2.17. The first kappa shape index (κ1) is 18.8. The molecule has 27 heavy (non-hydrogen) atoms. The number of hydrogen-bond acceptors (Lipinski definition) is 5. The van der Waals surface area contributed by atoms with Gasteiger partial charge in [-0.1, -0.05) is 0 Å². The van der Waals surface area contributed by atoms with Crippen molar-refractivity contribution in [1.82, 2.24) is 0 Å². The Morgan fingerprint density at radius 1 is 1.15 bits per heavy atom. The second-order valence-corrected chi connectivity index (χ2v) is 6.75. The van der Waals surface area contributed by atoms with Crippen LogP contribution in [0.25, 0.3) is 0 Å². The molecule has 1 aliphatic heterocycles. The van der Waals surface area contributed by atoms with E-state index in [1.165, 1.54) is 23.9 Å². The topological polar surface area (TPSA) is 84.5 Å². The van der Waals surface area contributed by atoms with Gasteiger partial charge in [0.15, 0.2) is 18.2 Å². The fraction of sp³-hybridized carbons (Fsp3) is 0.167. The van der Waals surface area contributed by atoms with Crippen molar-refractivity contribution in [2.45, 2.75) is 11.3 Å². The molecule has 1 aliphatic rings. The highest BCUT2D eigenvalue weighted by Crippen LogP contribution is 2.31. The third-order valence-electron chi connectivity index (χ3n) is 3.61. The van der Waals surface area contributed by atoms with Crippen LogP contribution < -0.4 is 10.6 Å². The predicted molar refractivity (Wildman–Crippen MR) is 95.7 cm³/mol. The lowest BCUT2D eigenvalue weighted by Gasteiger charge is -2.10. The smallest absolute Gasteiger partial charge is 0.338 e. The number of anilines is 2. The molecule has 2 aromatic carbocycles. The normalized spacial score (nSPS) is 13.2. The van der Waals surface area contributed by atoms with Crippen molar-refractivity contribution >= 4 is 40.9 Å². The fourth-order valence-electron chi connectivity index (χ4n) is 2.33. The molecule has 9 heteroatoms. The maximum Gasteiger partial charge on any atom is 0.338 e. The van der Waals surface area contributed by atoms with E-state index in [-0.39, 0.29) is 17.2 Å². The molecule has 2 aromatic rings. The van der Waals surface area contributed by atoms with Crippen molar-refractivity contribution in [3.63, 3.8) is 0 Å². The number of rotatable bonds is 4. The van der Waals surface area contributed by atoms with Gasteiger partial charge in [0, 0.05) is 28.8 Å². The Kier molecular flexibility index (Phi) is 5.70. The molecule has 0 aliphatic carbocycles. The summed E-state index contributed by atoms with van der Waals surface area (Å²) >= 11 is 1.50. The summed E-state index contributed by atoms with van der Waals surface area (Å²) in [5.41, 5.74) is 0.736. The maximum absolute atomic E-state index is 13.1. The maximum atomic E-state index is 13.1. The molecular weight excluding hydrogens is 378 g/mol. The summed E-state index contributed by atoms with van der Waals surface area (Å²) in [5, 5.41) is 5.01. The molecule has 3 rings (SSSR count). The fourth-order valence-corrected chi connectivity index (χ4v) is 3.27. The Hall–Kier alpha value is -2.94. The Morgan fingerprint density at radius 2 is 1.96 bits per heavy atom. The zero-order valence-electron chi connectivity index (χ0n) is 13.9. The van der Waals surface area contributed by atoms with Crippen LogP contribution in [0.1, 0.15) is 16.8 Å². The van der Waals surface area contributed by atoms with Crippen LogP contribution in [0.15, 0.2) is 41.3 Å². The number of benzene rings is 2. The van der Waals surface area contributed by atoms with Gasteiger partial charge in [-0.3, -0.25) is 9.59 Å². The van der Waals surface area contributed by atoms with E-state index in [1.54, 1.807) is 12.1 Å². The summed E-state index contributed by atoms with van der Waals surface area (Å²) in [6.07, 6.45) is 0.378. The minimum atomic E-state index is -1.10. The second kappa shape index (κ2) is 8.17. The molecular formula is C18H14F2N2O4S. The van der Waals surface area contributed by atoms with Crippen LogP contribution in [0.3, 0.4) is 0 Å². The Balaban J connectivity index is 1.59. The van der Waals surface area contributed by atoms with E-state index in [0.717, 1.165) is 17.0 Å². The standard InChI is InChI=1S/C18H14F2N2O4S/c19-12-3-2-11(8-13(12)20)21-17(24)9-26-18(25)10-1-4-15-14(7-10)22-16(23)5-6-27-15/h1-4,7-8H,5-6,9H2,(H,21,24)(H,22,23). The molecule has 140 valence electrons. The van der Waals surface area contributed by atoms with E-state index >= 15 is 0 Å². The zero-order valence-corrected chi connectivity index (χ0v) is 14.7. The highest BCUT2D eigenvalue weighted by molar-refractivity contribution is 7.99. The average molecular weight is 392 g/mol. The van der Waals surface area contributed by atoms with Gasteiger partial charge in [0.1, 0.15) is 0 Å². The molecule has 2 N–H and O–H groups in total. The van der Waals surface area contributed by atoms with Crippen molar-refractivity contribution in [3.8, 4) is 0 Å². The quantitative estimate of drug-likeness (QED) is 0.781. The number of carbonyl (C=O) groups is 3. The van der Waals surface area contributed by atoms with Gasteiger partial charge in [-0.25, -0.2) is 13.6 Å². The number of fused-ring (bicyclic) bond motifs is 1. The van der Waals surface area contributed by atoms with Gasteiger partial charge in [-0.2, -0.15) is 0 Å². The number of carbonyl (C=O) groups excluding carboxylic acids is 3. The van der Waals surface area contributed by atoms with Gasteiger partial charge in [-0.15, -0.1) is 11.8 Å². The first-order chi connectivity index (χ1) is 12.9. The summed E-state index contributed by atoms with van der Waals surface area (Å²) in [5.74, 6) is -3.08. The second-order valence-electron chi connectivity index (χ2n) is 5.61. The number of esters is 1. The molecule has 0 unspecified atom stereocenters. The molecule has 1 heterocycles. The van der Waals surface area contributed by atoms with Crippen molar-refractivity contribution in [1.29, 1.82) is 0 Å². The van der Waals surface area contributed by atoms with Gasteiger partial charge in [0.2, 0.25) is 5.91 Å².